The van der Waals surface area contributed by atoms with E-state index in [2.05, 4.69) is 27.8 Å². The number of carbonyl (C=O) groups excluding carboxylic acids is 1. The molecule has 112 valence electrons. The van der Waals surface area contributed by atoms with E-state index in [-0.39, 0.29) is 5.91 Å². The first-order valence-corrected chi connectivity index (χ1v) is 7.43. The minimum atomic E-state index is -0.0261. The summed E-state index contributed by atoms with van der Waals surface area (Å²) < 4.78 is 0. The Hall–Kier alpha value is -2.59. The van der Waals surface area contributed by atoms with E-state index in [0.717, 1.165) is 29.6 Å². The Bertz CT molecular complexity index is 749. The van der Waals surface area contributed by atoms with Crippen molar-refractivity contribution in [1.29, 1.82) is 0 Å². The molecule has 0 aliphatic heterocycles. The summed E-state index contributed by atoms with van der Waals surface area (Å²) in [4.78, 5) is 15.1. The van der Waals surface area contributed by atoms with Crippen LogP contribution in [0.3, 0.4) is 0 Å². The van der Waals surface area contributed by atoms with Crippen LogP contribution in [0, 0.1) is 0 Å². The molecule has 0 saturated carbocycles. The molecular weight excluding hydrogens is 274 g/mol. The number of rotatable bonds is 6. The van der Waals surface area contributed by atoms with E-state index in [0.29, 0.717) is 6.54 Å². The van der Waals surface area contributed by atoms with Crippen molar-refractivity contribution < 1.29 is 4.79 Å². The fourth-order valence-electron chi connectivity index (χ4n) is 2.47. The molecule has 0 fully saturated rings. The zero-order chi connectivity index (χ0) is 15.2. The predicted molar refractivity (Wildman–Crippen MR) is 89.9 cm³/mol. The molecule has 3 aromatic rings. The van der Waals surface area contributed by atoms with E-state index < -0.39 is 0 Å². The van der Waals surface area contributed by atoms with Crippen LogP contribution in [0.25, 0.3) is 10.9 Å². The largest absolute Gasteiger partial charge is 0.361 e. The summed E-state index contributed by atoms with van der Waals surface area (Å²) in [5.74, 6) is -0.0261. The minimum Gasteiger partial charge on any atom is -0.361 e. The summed E-state index contributed by atoms with van der Waals surface area (Å²) in [7, 11) is 0. The number of fused-ring (bicyclic) bond motifs is 1. The standard InChI is InChI=1S/C18H19N3O/c22-18(13-19-11-9-14-5-2-1-3-6-14)21-17-8-4-7-16-15(17)10-12-20-16/h1-8,10,12,19-20H,9,11,13H2,(H,21,22). The molecule has 22 heavy (non-hydrogen) atoms. The van der Waals surface area contributed by atoms with Crippen LogP contribution in [0.5, 0.6) is 0 Å². The van der Waals surface area contributed by atoms with Crippen molar-refractivity contribution in [2.75, 3.05) is 18.4 Å². The van der Waals surface area contributed by atoms with E-state index in [4.69, 9.17) is 0 Å². The summed E-state index contributed by atoms with van der Waals surface area (Å²) in [6, 6.07) is 18.0. The van der Waals surface area contributed by atoms with Gasteiger partial charge in [-0.05, 0) is 36.7 Å². The fourth-order valence-corrected chi connectivity index (χ4v) is 2.47. The highest BCUT2D eigenvalue weighted by molar-refractivity contribution is 6.01. The molecule has 0 atom stereocenters. The summed E-state index contributed by atoms with van der Waals surface area (Å²) in [6.45, 7) is 1.10. The third kappa shape index (κ3) is 3.54. The summed E-state index contributed by atoms with van der Waals surface area (Å²) in [5.41, 5.74) is 3.14. The highest BCUT2D eigenvalue weighted by Crippen LogP contribution is 2.21. The number of carbonyl (C=O) groups is 1. The average Bonchev–Trinajstić information content (AvgIpc) is 3.02. The summed E-state index contributed by atoms with van der Waals surface area (Å²) in [5, 5.41) is 7.15. The highest BCUT2D eigenvalue weighted by Gasteiger charge is 2.05. The Morgan fingerprint density at radius 1 is 1.00 bits per heavy atom. The number of H-pyrrole nitrogens is 1. The van der Waals surface area contributed by atoms with Gasteiger partial charge in [-0.1, -0.05) is 36.4 Å². The third-order valence-corrected chi connectivity index (χ3v) is 3.59. The van der Waals surface area contributed by atoms with Crippen LogP contribution in [-0.4, -0.2) is 24.0 Å². The van der Waals surface area contributed by atoms with E-state index in [1.54, 1.807) is 0 Å². The number of amides is 1. The summed E-state index contributed by atoms with van der Waals surface area (Å²) >= 11 is 0. The van der Waals surface area contributed by atoms with Gasteiger partial charge in [-0.2, -0.15) is 0 Å². The second-order valence-corrected chi connectivity index (χ2v) is 5.21. The van der Waals surface area contributed by atoms with Gasteiger partial charge in [-0.25, -0.2) is 0 Å². The second-order valence-electron chi connectivity index (χ2n) is 5.21. The maximum Gasteiger partial charge on any atom is 0.238 e. The van der Waals surface area contributed by atoms with Gasteiger partial charge in [-0.3, -0.25) is 4.79 Å². The molecule has 0 spiro atoms. The Labute approximate surface area is 129 Å². The molecule has 1 aromatic heterocycles. The molecule has 2 aromatic carbocycles. The van der Waals surface area contributed by atoms with Crippen molar-refractivity contribution >= 4 is 22.5 Å². The molecule has 4 nitrogen and oxygen atoms in total. The molecule has 0 aliphatic rings. The van der Waals surface area contributed by atoms with Crippen molar-refractivity contribution in [2.24, 2.45) is 0 Å². The van der Waals surface area contributed by atoms with Crippen molar-refractivity contribution in [3.05, 3.63) is 66.4 Å². The van der Waals surface area contributed by atoms with Crippen molar-refractivity contribution in [3.8, 4) is 0 Å². The van der Waals surface area contributed by atoms with Gasteiger partial charge in [0.25, 0.3) is 0 Å². The van der Waals surface area contributed by atoms with Gasteiger partial charge < -0.3 is 15.6 Å². The van der Waals surface area contributed by atoms with Crippen LogP contribution in [0.15, 0.2) is 60.8 Å². The first kappa shape index (κ1) is 14.4. The molecule has 0 unspecified atom stereocenters. The molecule has 0 aliphatic carbocycles. The molecule has 1 heterocycles. The van der Waals surface area contributed by atoms with Crippen LogP contribution in [0.2, 0.25) is 0 Å². The van der Waals surface area contributed by atoms with Gasteiger partial charge in [0.1, 0.15) is 0 Å². The Balaban J connectivity index is 1.48. The van der Waals surface area contributed by atoms with Gasteiger partial charge in [-0.15, -0.1) is 0 Å². The Kier molecular flexibility index (Phi) is 4.51. The average molecular weight is 293 g/mol. The monoisotopic (exact) mass is 293 g/mol. The molecule has 1 amide bonds. The Morgan fingerprint density at radius 3 is 2.73 bits per heavy atom. The molecule has 3 rings (SSSR count). The molecule has 4 heteroatoms. The van der Waals surface area contributed by atoms with Gasteiger partial charge in [0.05, 0.1) is 12.2 Å². The van der Waals surface area contributed by atoms with Crippen molar-refractivity contribution in [3.63, 3.8) is 0 Å². The van der Waals surface area contributed by atoms with Crippen LogP contribution in [0.1, 0.15) is 5.56 Å². The third-order valence-electron chi connectivity index (χ3n) is 3.59. The Morgan fingerprint density at radius 2 is 1.86 bits per heavy atom. The van der Waals surface area contributed by atoms with Crippen LogP contribution >= 0.6 is 0 Å². The van der Waals surface area contributed by atoms with Gasteiger partial charge in [0, 0.05) is 17.1 Å². The molecule has 0 bridgehead atoms. The fraction of sp³-hybridized carbons (Fsp3) is 0.167. The van der Waals surface area contributed by atoms with Gasteiger partial charge in [0.2, 0.25) is 5.91 Å². The second kappa shape index (κ2) is 6.91. The SMILES string of the molecule is O=C(CNCCc1ccccc1)Nc1cccc2[nH]ccc12. The maximum atomic E-state index is 12.0. The minimum absolute atomic E-state index is 0.0261. The number of aromatic amines is 1. The normalized spacial score (nSPS) is 10.7. The van der Waals surface area contributed by atoms with Gasteiger partial charge >= 0.3 is 0 Å². The number of hydrogen-bond acceptors (Lipinski definition) is 2. The molecular formula is C18H19N3O. The van der Waals surface area contributed by atoms with Crippen LogP contribution < -0.4 is 10.6 Å². The van der Waals surface area contributed by atoms with E-state index in [1.165, 1.54) is 5.56 Å². The zero-order valence-electron chi connectivity index (χ0n) is 12.3. The smallest absolute Gasteiger partial charge is 0.238 e. The zero-order valence-corrected chi connectivity index (χ0v) is 12.3. The lowest BCUT2D eigenvalue weighted by Gasteiger charge is -2.08. The lowest BCUT2D eigenvalue weighted by molar-refractivity contribution is -0.115. The van der Waals surface area contributed by atoms with Crippen LogP contribution in [0.4, 0.5) is 5.69 Å². The predicted octanol–water partition coefficient (Wildman–Crippen LogP) is 2.94. The topological polar surface area (TPSA) is 56.9 Å². The maximum absolute atomic E-state index is 12.0. The highest BCUT2D eigenvalue weighted by atomic mass is 16.1. The first-order chi connectivity index (χ1) is 10.8. The number of hydrogen-bond donors (Lipinski definition) is 3. The number of aromatic nitrogens is 1. The first-order valence-electron chi connectivity index (χ1n) is 7.43. The quantitative estimate of drug-likeness (QED) is 0.612. The van der Waals surface area contributed by atoms with Crippen molar-refractivity contribution in [1.82, 2.24) is 10.3 Å². The van der Waals surface area contributed by atoms with Gasteiger partial charge in [0.15, 0.2) is 0 Å². The number of nitrogens with one attached hydrogen (secondary N) is 3. The summed E-state index contributed by atoms with van der Waals surface area (Å²) in [6.07, 6.45) is 2.79. The van der Waals surface area contributed by atoms with E-state index in [9.17, 15) is 4.79 Å². The number of benzene rings is 2. The number of anilines is 1. The van der Waals surface area contributed by atoms with E-state index in [1.807, 2.05) is 48.7 Å². The molecule has 0 radical (unpaired) electrons. The van der Waals surface area contributed by atoms with E-state index >= 15 is 0 Å². The van der Waals surface area contributed by atoms with Crippen LogP contribution in [-0.2, 0) is 11.2 Å². The molecule has 3 N–H and O–H groups in total. The lowest BCUT2D eigenvalue weighted by Crippen LogP contribution is -2.29. The van der Waals surface area contributed by atoms with Crippen molar-refractivity contribution in [2.45, 2.75) is 6.42 Å². The molecule has 0 saturated heterocycles. The lowest BCUT2D eigenvalue weighted by atomic mass is 10.1.